The van der Waals surface area contributed by atoms with Crippen molar-refractivity contribution in [2.45, 2.75) is 0 Å². The second-order valence-corrected chi connectivity index (χ2v) is 13.6. The Bertz CT molecular complexity index is 2750. The zero-order valence-electron chi connectivity index (χ0n) is 24.1. The van der Waals surface area contributed by atoms with E-state index in [9.17, 15) is 0 Å². The van der Waals surface area contributed by atoms with E-state index >= 15 is 0 Å². The number of thiazole rings is 1. The minimum Gasteiger partial charge on any atom is -0.309 e. The number of para-hydroxylation sites is 1. The van der Waals surface area contributed by atoms with E-state index in [0.29, 0.717) is 0 Å². The highest BCUT2D eigenvalue weighted by atomic mass is 32.1. The first kappa shape index (κ1) is 25.1. The normalized spacial score (nSPS) is 12.0. The Kier molecular flexibility index (Phi) is 5.35. The van der Waals surface area contributed by atoms with Gasteiger partial charge in [-0.25, -0.2) is 4.98 Å². The standard InChI is InChI=1S/C41H24N2S2/c1-2-10-25(11-3-1)32-24-36-39(38-31-15-7-9-17-35(31)44-40(32)38)42-41(45-36)27-18-21-28(22-19-27)43-33-16-8-6-14-30(33)37-29-13-5-4-12-26(29)20-23-34(37)43/h1-24H. The monoisotopic (exact) mass is 608 g/mol. The van der Waals surface area contributed by atoms with E-state index in [0.717, 1.165) is 21.8 Å². The van der Waals surface area contributed by atoms with Gasteiger partial charge in [-0.2, -0.15) is 0 Å². The molecule has 4 heteroatoms. The van der Waals surface area contributed by atoms with Crippen LogP contribution in [-0.2, 0) is 0 Å². The number of hydrogen-bond donors (Lipinski definition) is 0. The van der Waals surface area contributed by atoms with E-state index in [4.69, 9.17) is 4.98 Å². The molecule has 0 aliphatic rings. The molecule has 0 aliphatic carbocycles. The Morgan fingerprint density at radius 1 is 0.489 bits per heavy atom. The van der Waals surface area contributed by atoms with E-state index < -0.39 is 0 Å². The van der Waals surface area contributed by atoms with Gasteiger partial charge in [-0.3, -0.25) is 0 Å². The van der Waals surface area contributed by atoms with Crippen LogP contribution in [0, 0.1) is 0 Å². The maximum atomic E-state index is 5.31. The second kappa shape index (κ2) is 9.60. The molecule has 0 radical (unpaired) electrons. The average molecular weight is 609 g/mol. The Labute approximate surface area is 267 Å². The minimum absolute atomic E-state index is 1.05. The van der Waals surface area contributed by atoms with E-state index in [-0.39, 0.29) is 0 Å². The fraction of sp³-hybridized carbons (Fsp3) is 0. The van der Waals surface area contributed by atoms with Crippen molar-refractivity contribution in [1.29, 1.82) is 0 Å². The number of rotatable bonds is 3. The lowest BCUT2D eigenvalue weighted by Crippen LogP contribution is -1.93. The number of aromatic nitrogens is 2. The molecule has 0 unspecified atom stereocenters. The van der Waals surface area contributed by atoms with E-state index in [2.05, 4.69) is 150 Å². The Morgan fingerprint density at radius 2 is 1.22 bits per heavy atom. The molecule has 0 atom stereocenters. The van der Waals surface area contributed by atoms with Crippen molar-refractivity contribution in [2.24, 2.45) is 0 Å². The van der Waals surface area contributed by atoms with Gasteiger partial charge >= 0.3 is 0 Å². The predicted molar refractivity (Wildman–Crippen MR) is 195 cm³/mol. The molecule has 0 N–H and O–H groups in total. The van der Waals surface area contributed by atoms with Crippen LogP contribution in [0.3, 0.4) is 0 Å². The summed E-state index contributed by atoms with van der Waals surface area (Å²) >= 11 is 3.65. The van der Waals surface area contributed by atoms with Crippen LogP contribution in [0.15, 0.2) is 146 Å². The molecule has 10 rings (SSSR count). The van der Waals surface area contributed by atoms with Crippen molar-refractivity contribution in [1.82, 2.24) is 9.55 Å². The molecule has 210 valence electrons. The first-order valence-corrected chi connectivity index (χ1v) is 16.8. The van der Waals surface area contributed by atoms with Crippen LogP contribution in [0.2, 0.25) is 0 Å². The highest BCUT2D eigenvalue weighted by molar-refractivity contribution is 7.27. The number of nitrogens with zero attached hydrogens (tertiary/aromatic N) is 2. The van der Waals surface area contributed by atoms with Crippen molar-refractivity contribution in [3.63, 3.8) is 0 Å². The maximum absolute atomic E-state index is 5.31. The van der Waals surface area contributed by atoms with Crippen molar-refractivity contribution in [3.05, 3.63) is 146 Å². The summed E-state index contributed by atoms with van der Waals surface area (Å²) in [6, 6.07) is 52.7. The smallest absolute Gasteiger partial charge is 0.124 e. The molecule has 10 aromatic rings. The van der Waals surface area contributed by atoms with Gasteiger partial charge in [0.15, 0.2) is 0 Å². The van der Waals surface area contributed by atoms with Gasteiger partial charge in [-0.15, -0.1) is 22.7 Å². The van der Waals surface area contributed by atoms with Crippen LogP contribution in [0.5, 0.6) is 0 Å². The maximum Gasteiger partial charge on any atom is 0.124 e. The van der Waals surface area contributed by atoms with Gasteiger partial charge in [0.1, 0.15) is 5.01 Å². The quantitative estimate of drug-likeness (QED) is 0.195. The molecule has 0 aliphatic heterocycles. The molecule has 3 heterocycles. The number of benzene rings is 7. The lowest BCUT2D eigenvalue weighted by molar-refractivity contribution is 1.18. The summed E-state index contributed by atoms with van der Waals surface area (Å²) in [7, 11) is 0. The van der Waals surface area contributed by atoms with Crippen LogP contribution >= 0.6 is 22.7 Å². The third-order valence-corrected chi connectivity index (χ3v) is 11.3. The molecular formula is C41H24N2S2. The van der Waals surface area contributed by atoms with Crippen molar-refractivity contribution >= 4 is 85.6 Å². The van der Waals surface area contributed by atoms with Gasteiger partial charge in [0.05, 0.1) is 21.3 Å². The lowest BCUT2D eigenvalue weighted by atomic mass is 10.0. The lowest BCUT2D eigenvalue weighted by Gasteiger charge is -2.09. The van der Waals surface area contributed by atoms with Gasteiger partial charge in [0.25, 0.3) is 0 Å². The van der Waals surface area contributed by atoms with Crippen molar-refractivity contribution in [3.8, 4) is 27.4 Å². The average Bonchev–Trinajstić information content (AvgIpc) is 3.80. The first-order valence-electron chi connectivity index (χ1n) is 15.1. The van der Waals surface area contributed by atoms with Crippen LogP contribution in [0.4, 0.5) is 0 Å². The van der Waals surface area contributed by atoms with Crippen molar-refractivity contribution in [2.75, 3.05) is 0 Å². The Balaban J connectivity index is 1.16. The van der Waals surface area contributed by atoms with E-state index in [1.165, 1.54) is 68.6 Å². The van der Waals surface area contributed by atoms with Gasteiger partial charge in [-0.05, 0) is 64.9 Å². The molecule has 0 amide bonds. The van der Waals surface area contributed by atoms with Crippen molar-refractivity contribution < 1.29 is 0 Å². The highest BCUT2D eigenvalue weighted by Gasteiger charge is 2.19. The Morgan fingerprint density at radius 3 is 2.09 bits per heavy atom. The predicted octanol–water partition coefficient (Wildman–Crippen LogP) is 12.2. The summed E-state index contributed by atoms with van der Waals surface area (Å²) in [5.74, 6) is 0. The third-order valence-electron chi connectivity index (χ3n) is 9.03. The SMILES string of the molecule is c1ccc(-c2cc3sc(-c4ccc(-n5c6ccccc6c6c7ccccc7ccc65)cc4)nc3c3c2sc2ccccc23)cc1. The number of fused-ring (bicyclic) bond motifs is 10. The summed E-state index contributed by atoms with van der Waals surface area (Å²) in [5.41, 5.74) is 8.36. The molecule has 3 aromatic heterocycles. The number of hydrogen-bond acceptors (Lipinski definition) is 3. The topological polar surface area (TPSA) is 17.8 Å². The molecule has 45 heavy (non-hydrogen) atoms. The molecule has 7 aromatic carbocycles. The fourth-order valence-corrected chi connectivity index (χ4v) is 9.26. The fourth-order valence-electron chi connectivity index (χ4n) is 7.00. The summed E-state index contributed by atoms with van der Waals surface area (Å²) in [6.45, 7) is 0. The summed E-state index contributed by atoms with van der Waals surface area (Å²) < 4.78 is 6.22. The highest BCUT2D eigenvalue weighted by Crippen LogP contribution is 2.46. The molecular weight excluding hydrogens is 585 g/mol. The van der Waals surface area contributed by atoms with Crippen LogP contribution < -0.4 is 0 Å². The molecule has 0 bridgehead atoms. The molecule has 0 fully saturated rings. The van der Waals surface area contributed by atoms with Gasteiger partial charge in [0, 0.05) is 47.8 Å². The van der Waals surface area contributed by atoms with Crippen LogP contribution in [-0.4, -0.2) is 9.55 Å². The largest absolute Gasteiger partial charge is 0.309 e. The molecule has 0 saturated heterocycles. The van der Waals surface area contributed by atoms with Gasteiger partial charge < -0.3 is 4.57 Å². The summed E-state index contributed by atoms with van der Waals surface area (Å²) in [6.07, 6.45) is 0. The molecule has 0 saturated carbocycles. The van der Waals surface area contributed by atoms with E-state index in [1.54, 1.807) is 11.3 Å². The number of thiophene rings is 1. The zero-order chi connectivity index (χ0) is 29.5. The Hall–Kier alpha value is -5.29. The van der Waals surface area contributed by atoms with E-state index in [1.807, 2.05) is 11.3 Å². The first-order chi connectivity index (χ1) is 22.3. The second-order valence-electron chi connectivity index (χ2n) is 11.5. The van der Waals surface area contributed by atoms with Gasteiger partial charge in [-0.1, -0.05) is 97.1 Å². The zero-order valence-corrected chi connectivity index (χ0v) is 25.7. The summed E-state index contributed by atoms with van der Waals surface area (Å²) in [4.78, 5) is 5.31. The third kappa shape index (κ3) is 3.70. The molecule has 2 nitrogen and oxygen atoms in total. The van der Waals surface area contributed by atoms with Crippen LogP contribution in [0.1, 0.15) is 0 Å². The van der Waals surface area contributed by atoms with Gasteiger partial charge in [0.2, 0.25) is 0 Å². The summed E-state index contributed by atoms with van der Waals surface area (Å²) in [5, 5.41) is 8.74. The van der Waals surface area contributed by atoms with Crippen LogP contribution in [0.25, 0.3) is 90.4 Å². The molecule has 0 spiro atoms. The minimum atomic E-state index is 1.05.